The molecule has 0 aromatic heterocycles. The van der Waals surface area contributed by atoms with Crippen molar-refractivity contribution in [1.82, 2.24) is 4.90 Å². The van der Waals surface area contributed by atoms with Gasteiger partial charge in [-0.15, -0.1) is 0 Å². The first kappa shape index (κ1) is 15.5. The molecule has 1 aliphatic carbocycles. The summed E-state index contributed by atoms with van der Waals surface area (Å²) < 4.78 is 6.53. The Morgan fingerprint density at radius 2 is 1.91 bits per heavy atom. The maximum Gasteiger partial charge on any atom is 0.328 e. The zero-order valence-electron chi connectivity index (χ0n) is 12.1. The van der Waals surface area contributed by atoms with Gasteiger partial charge < -0.3 is 9.84 Å². The molecule has 118 valence electrons. The molecule has 2 fully saturated rings. The molecule has 1 spiro atoms. The number of hydrogen-bond donors (Lipinski definition) is 1. The van der Waals surface area contributed by atoms with E-state index >= 15 is 0 Å². The topological polar surface area (TPSA) is 66.8 Å². The Balaban J connectivity index is 2.00. The number of ether oxygens (including phenoxy) is 1. The maximum atomic E-state index is 13.0. The van der Waals surface area contributed by atoms with E-state index in [2.05, 4.69) is 15.9 Å². The Kier molecular flexibility index (Phi) is 4.23. The monoisotopic (exact) mass is 367 g/mol. The zero-order valence-corrected chi connectivity index (χ0v) is 13.7. The van der Waals surface area contributed by atoms with Crippen LogP contribution in [0, 0.1) is 0 Å². The molecular weight excluding hydrogens is 350 g/mol. The van der Waals surface area contributed by atoms with Gasteiger partial charge in [-0.3, -0.25) is 9.69 Å². The van der Waals surface area contributed by atoms with E-state index in [-0.39, 0.29) is 12.5 Å². The van der Waals surface area contributed by atoms with Crippen molar-refractivity contribution < 1.29 is 19.4 Å². The summed E-state index contributed by atoms with van der Waals surface area (Å²) in [7, 11) is 0. The summed E-state index contributed by atoms with van der Waals surface area (Å²) in [5.74, 6) is -1.29. The minimum atomic E-state index is -1.01. The van der Waals surface area contributed by atoms with Gasteiger partial charge in [-0.1, -0.05) is 18.6 Å². The Morgan fingerprint density at radius 3 is 2.55 bits per heavy atom. The van der Waals surface area contributed by atoms with Crippen molar-refractivity contribution in [3.05, 3.63) is 34.3 Å². The summed E-state index contributed by atoms with van der Waals surface area (Å²) in [6.07, 6.45) is 4.40. The third-order valence-electron chi connectivity index (χ3n) is 4.50. The van der Waals surface area contributed by atoms with Crippen LogP contribution in [0.1, 0.15) is 42.5 Å². The van der Waals surface area contributed by atoms with Gasteiger partial charge in [0, 0.05) is 4.47 Å². The molecule has 0 bridgehead atoms. The van der Waals surface area contributed by atoms with E-state index in [1.807, 2.05) is 6.07 Å². The van der Waals surface area contributed by atoms with Gasteiger partial charge in [0.1, 0.15) is 5.72 Å². The summed E-state index contributed by atoms with van der Waals surface area (Å²) in [5.41, 5.74) is -0.280. The van der Waals surface area contributed by atoms with Gasteiger partial charge in [0.15, 0.2) is 6.04 Å². The SMILES string of the molecule is O=C(O)C1COC2(CCCCC2)N1C(=O)c1ccccc1Br. The average molecular weight is 368 g/mol. The summed E-state index contributed by atoms with van der Waals surface area (Å²) in [4.78, 5) is 26.0. The minimum absolute atomic E-state index is 0.0610. The van der Waals surface area contributed by atoms with Crippen molar-refractivity contribution >= 4 is 27.8 Å². The highest BCUT2D eigenvalue weighted by atomic mass is 79.9. The van der Waals surface area contributed by atoms with E-state index in [4.69, 9.17) is 4.74 Å². The molecule has 1 aliphatic heterocycles. The van der Waals surface area contributed by atoms with Crippen molar-refractivity contribution in [1.29, 1.82) is 0 Å². The lowest BCUT2D eigenvalue weighted by molar-refractivity contribution is -0.143. The Morgan fingerprint density at radius 1 is 1.23 bits per heavy atom. The number of rotatable bonds is 2. The van der Waals surface area contributed by atoms with Gasteiger partial charge in [0.05, 0.1) is 12.2 Å². The molecule has 1 amide bonds. The van der Waals surface area contributed by atoms with E-state index in [9.17, 15) is 14.7 Å². The second-order valence-electron chi connectivity index (χ2n) is 5.83. The van der Waals surface area contributed by atoms with Crippen LogP contribution < -0.4 is 0 Å². The van der Waals surface area contributed by atoms with Gasteiger partial charge in [-0.2, -0.15) is 0 Å². The Hall–Kier alpha value is -1.40. The fourth-order valence-electron chi connectivity index (χ4n) is 3.42. The normalized spacial score (nSPS) is 23.7. The maximum absolute atomic E-state index is 13.0. The van der Waals surface area contributed by atoms with Crippen LogP contribution in [0.25, 0.3) is 0 Å². The molecule has 3 rings (SSSR count). The molecule has 22 heavy (non-hydrogen) atoms. The molecule has 5 nitrogen and oxygen atoms in total. The fourth-order valence-corrected chi connectivity index (χ4v) is 3.88. The lowest BCUT2D eigenvalue weighted by Crippen LogP contribution is -2.54. The molecule has 1 saturated heterocycles. The molecule has 0 radical (unpaired) electrons. The van der Waals surface area contributed by atoms with Gasteiger partial charge in [-0.25, -0.2) is 4.79 Å². The van der Waals surface area contributed by atoms with E-state index in [0.717, 1.165) is 19.3 Å². The standard InChI is InChI=1S/C16H18BrNO4/c17-12-7-3-2-6-11(12)14(19)18-13(15(20)21)10-22-16(18)8-4-1-5-9-16/h2-3,6-7,13H,1,4-5,8-10H2,(H,20,21). The molecule has 1 aromatic carbocycles. The van der Waals surface area contributed by atoms with Crippen LogP contribution in [0.2, 0.25) is 0 Å². The number of nitrogens with zero attached hydrogens (tertiary/aromatic N) is 1. The second kappa shape index (κ2) is 6.01. The second-order valence-corrected chi connectivity index (χ2v) is 6.68. The summed E-state index contributed by atoms with van der Waals surface area (Å²) in [6, 6.07) is 6.18. The third kappa shape index (κ3) is 2.54. The number of amides is 1. The first-order chi connectivity index (χ1) is 10.6. The van der Waals surface area contributed by atoms with Crippen LogP contribution in [0.4, 0.5) is 0 Å². The van der Waals surface area contributed by atoms with Crippen LogP contribution in [0.15, 0.2) is 28.7 Å². The summed E-state index contributed by atoms with van der Waals surface area (Å²) >= 11 is 3.38. The number of benzene rings is 1. The number of carbonyl (C=O) groups excluding carboxylic acids is 1. The number of carboxylic acid groups (broad SMARTS) is 1. The molecule has 1 aromatic rings. The molecule has 1 N–H and O–H groups in total. The Labute approximate surface area is 137 Å². The fraction of sp³-hybridized carbons (Fsp3) is 0.500. The van der Waals surface area contributed by atoms with E-state index in [1.165, 1.54) is 4.90 Å². The molecule has 1 saturated carbocycles. The first-order valence-corrected chi connectivity index (χ1v) is 8.29. The van der Waals surface area contributed by atoms with Crippen molar-refractivity contribution in [2.75, 3.05) is 6.61 Å². The molecular formula is C16H18BrNO4. The summed E-state index contributed by atoms with van der Waals surface area (Å²) in [6.45, 7) is 0.0610. The molecule has 2 aliphatic rings. The number of aliphatic carboxylic acids is 1. The van der Waals surface area contributed by atoms with Gasteiger partial charge >= 0.3 is 5.97 Å². The zero-order chi connectivity index (χ0) is 15.7. The van der Waals surface area contributed by atoms with E-state index in [1.54, 1.807) is 18.2 Å². The van der Waals surface area contributed by atoms with Crippen molar-refractivity contribution in [2.45, 2.75) is 43.9 Å². The largest absolute Gasteiger partial charge is 0.480 e. The highest BCUT2D eigenvalue weighted by molar-refractivity contribution is 9.10. The third-order valence-corrected chi connectivity index (χ3v) is 5.20. The van der Waals surface area contributed by atoms with Gasteiger partial charge in [0.2, 0.25) is 0 Å². The number of hydrogen-bond acceptors (Lipinski definition) is 3. The van der Waals surface area contributed by atoms with Crippen LogP contribution in [0.5, 0.6) is 0 Å². The van der Waals surface area contributed by atoms with Crippen LogP contribution in [0.3, 0.4) is 0 Å². The highest BCUT2D eigenvalue weighted by Crippen LogP contribution is 2.41. The number of carbonyl (C=O) groups is 2. The van der Waals surface area contributed by atoms with E-state index < -0.39 is 17.7 Å². The van der Waals surface area contributed by atoms with Gasteiger partial charge in [-0.05, 0) is 53.7 Å². The van der Waals surface area contributed by atoms with Crippen LogP contribution in [-0.2, 0) is 9.53 Å². The van der Waals surface area contributed by atoms with E-state index in [0.29, 0.717) is 22.9 Å². The van der Waals surface area contributed by atoms with Crippen LogP contribution in [-0.4, -0.2) is 40.3 Å². The number of carboxylic acids is 1. The minimum Gasteiger partial charge on any atom is -0.480 e. The average Bonchev–Trinajstić information content (AvgIpc) is 2.87. The Bertz CT molecular complexity index is 598. The van der Waals surface area contributed by atoms with Crippen LogP contribution >= 0.6 is 15.9 Å². The summed E-state index contributed by atoms with van der Waals surface area (Å²) in [5, 5.41) is 9.48. The van der Waals surface area contributed by atoms with Crippen molar-refractivity contribution in [2.24, 2.45) is 0 Å². The number of halogens is 1. The van der Waals surface area contributed by atoms with Crippen molar-refractivity contribution in [3.8, 4) is 0 Å². The molecule has 1 heterocycles. The molecule has 1 unspecified atom stereocenters. The quantitative estimate of drug-likeness (QED) is 0.872. The predicted octanol–water partition coefficient (Wildman–Crippen LogP) is 3.04. The molecule has 1 atom stereocenters. The van der Waals surface area contributed by atoms with Crippen molar-refractivity contribution in [3.63, 3.8) is 0 Å². The predicted molar refractivity (Wildman–Crippen MR) is 83.5 cm³/mol. The molecule has 6 heteroatoms. The van der Waals surface area contributed by atoms with Gasteiger partial charge in [0.25, 0.3) is 5.91 Å². The first-order valence-electron chi connectivity index (χ1n) is 7.50. The highest BCUT2D eigenvalue weighted by Gasteiger charge is 2.53. The smallest absolute Gasteiger partial charge is 0.328 e. The lowest BCUT2D eigenvalue weighted by Gasteiger charge is -2.41. The lowest BCUT2D eigenvalue weighted by atomic mass is 9.89.